The minimum absolute atomic E-state index is 0.859. The van der Waals surface area contributed by atoms with Gasteiger partial charge in [-0.15, -0.1) is 0 Å². The molecule has 2 aromatic rings. The first kappa shape index (κ1) is 12.3. The Balaban J connectivity index is 2.22. The Morgan fingerprint density at radius 1 is 0.824 bits per heavy atom. The van der Waals surface area contributed by atoms with Crippen LogP contribution in [0.5, 0.6) is 5.75 Å². The van der Waals surface area contributed by atoms with Crippen LogP contribution in [-0.4, -0.2) is 13.3 Å². The molecule has 0 aliphatic heterocycles. The van der Waals surface area contributed by atoms with Gasteiger partial charge < -0.3 is 4.52 Å². The summed E-state index contributed by atoms with van der Waals surface area (Å²) in [5.74, 6) is 0.859. The molecule has 0 N–H and O–H groups in total. The molecular formula is C14H15OPS. The van der Waals surface area contributed by atoms with E-state index in [2.05, 4.69) is 24.3 Å². The number of hydrogen-bond donors (Lipinski definition) is 0. The molecule has 0 aliphatic rings. The average Bonchev–Trinajstić information content (AvgIpc) is 2.29. The maximum atomic E-state index is 5.72. The van der Waals surface area contributed by atoms with Crippen molar-refractivity contribution in [3.8, 4) is 16.9 Å². The Bertz CT molecular complexity index is 528. The molecule has 0 amide bonds. The SMILES string of the molecule is CP(C)(=S)Oc1ccc(-c2ccccc2)cc1. The van der Waals surface area contributed by atoms with Crippen molar-refractivity contribution in [3.05, 3.63) is 54.6 Å². The molecule has 0 aliphatic carbocycles. The van der Waals surface area contributed by atoms with E-state index >= 15 is 0 Å². The van der Waals surface area contributed by atoms with Crippen molar-refractivity contribution in [1.82, 2.24) is 0 Å². The molecule has 17 heavy (non-hydrogen) atoms. The Kier molecular flexibility index (Phi) is 3.66. The maximum Gasteiger partial charge on any atom is 0.124 e. The van der Waals surface area contributed by atoms with Gasteiger partial charge in [0.15, 0.2) is 0 Å². The molecule has 3 heteroatoms. The van der Waals surface area contributed by atoms with Gasteiger partial charge in [0.2, 0.25) is 0 Å². The fourth-order valence-corrected chi connectivity index (χ4v) is 2.48. The van der Waals surface area contributed by atoms with E-state index < -0.39 is 6.26 Å². The van der Waals surface area contributed by atoms with Crippen LogP contribution in [0.2, 0.25) is 0 Å². The Hall–Kier alpha value is -1.11. The van der Waals surface area contributed by atoms with Crippen LogP contribution in [-0.2, 0) is 11.8 Å². The zero-order valence-corrected chi connectivity index (χ0v) is 11.7. The molecule has 0 saturated heterocycles. The van der Waals surface area contributed by atoms with Crippen molar-refractivity contribution in [3.63, 3.8) is 0 Å². The molecule has 0 saturated carbocycles. The molecule has 2 aromatic carbocycles. The molecule has 0 aromatic heterocycles. The van der Waals surface area contributed by atoms with Crippen molar-refractivity contribution in [2.45, 2.75) is 0 Å². The van der Waals surface area contributed by atoms with Crippen LogP contribution in [0.1, 0.15) is 0 Å². The third-order valence-corrected chi connectivity index (χ3v) is 3.16. The molecule has 88 valence electrons. The summed E-state index contributed by atoms with van der Waals surface area (Å²) in [7, 11) is 0. The number of benzene rings is 2. The fraction of sp³-hybridized carbons (Fsp3) is 0.143. The first-order valence-electron chi connectivity index (χ1n) is 5.45. The second-order valence-electron chi connectivity index (χ2n) is 4.23. The van der Waals surface area contributed by atoms with Gasteiger partial charge in [-0.1, -0.05) is 54.3 Å². The summed E-state index contributed by atoms with van der Waals surface area (Å²) in [6.07, 6.45) is -1.64. The fourth-order valence-electron chi connectivity index (χ4n) is 1.59. The minimum atomic E-state index is -1.64. The molecule has 1 nitrogen and oxygen atoms in total. The van der Waals surface area contributed by atoms with Crippen LogP contribution >= 0.6 is 6.26 Å². The van der Waals surface area contributed by atoms with E-state index in [-0.39, 0.29) is 0 Å². The molecule has 2 rings (SSSR count). The molecule has 0 unspecified atom stereocenters. The predicted octanol–water partition coefficient (Wildman–Crippen LogP) is 4.39. The Morgan fingerprint density at radius 2 is 1.35 bits per heavy atom. The summed E-state index contributed by atoms with van der Waals surface area (Å²) in [6.45, 7) is 3.96. The van der Waals surface area contributed by atoms with Crippen LogP contribution in [0.4, 0.5) is 0 Å². The first-order chi connectivity index (χ1) is 8.04. The Labute approximate surface area is 108 Å². The lowest BCUT2D eigenvalue weighted by Crippen LogP contribution is -1.88. The van der Waals surface area contributed by atoms with Crippen LogP contribution in [0.15, 0.2) is 54.6 Å². The van der Waals surface area contributed by atoms with Crippen molar-refractivity contribution < 1.29 is 4.52 Å². The zero-order valence-electron chi connectivity index (χ0n) is 9.96. The lowest BCUT2D eigenvalue weighted by molar-refractivity contribution is 0.621. The van der Waals surface area contributed by atoms with Gasteiger partial charge >= 0.3 is 0 Å². The van der Waals surface area contributed by atoms with E-state index in [4.69, 9.17) is 16.3 Å². The molecule has 0 radical (unpaired) electrons. The van der Waals surface area contributed by atoms with Gasteiger partial charge in [-0.2, -0.15) is 0 Å². The van der Waals surface area contributed by atoms with Crippen molar-refractivity contribution in [2.75, 3.05) is 13.3 Å². The third kappa shape index (κ3) is 3.69. The molecule has 0 heterocycles. The molecular weight excluding hydrogens is 247 g/mol. The maximum absolute atomic E-state index is 5.72. The highest BCUT2D eigenvalue weighted by atomic mass is 32.4. The van der Waals surface area contributed by atoms with Gasteiger partial charge in [-0.3, -0.25) is 0 Å². The topological polar surface area (TPSA) is 9.23 Å². The van der Waals surface area contributed by atoms with Gasteiger partial charge in [-0.25, -0.2) is 0 Å². The molecule has 0 fully saturated rings. The normalized spacial score (nSPS) is 11.2. The summed E-state index contributed by atoms with van der Waals surface area (Å²) >= 11 is 5.28. The van der Waals surface area contributed by atoms with Gasteiger partial charge in [0, 0.05) is 0 Å². The molecule has 0 bridgehead atoms. The smallest absolute Gasteiger partial charge is 0.124 e. The second-order valence-corrected chi connectivity index (χ2v) is 9.56. The van der Waals surface area contributed by atoms with E-state index in [9.17, 15) is 0 Å². The van der Waals surface area contributed by atoms with Crippen molar-refractivity contribution in [1.29, 1.82) is 0 Å². The standard InChI is InChI=1S/C14H15OPS/c1-16(2,17)15-14-10-8-13(9-11-14)12-6-4-3-5-7-12/h3-11H,1-2H3. The predicted molar refractivity (Wildman–Crippen MR) is 78.6 cm³/mol. The van der Waals surface area contributed by atoms with Crippen LogP contribution in [0.25, 0.3) is 11.1 Å². The first-order valence-corrected chi connectivity index (χ1v) is 9.06. The van der Waals surface area contributed by atoms with E-state index in [1.54, 1.807) is 0 Å². The van der Waals surface area contributed by atoms with E-state index in [1.807, 2.05) is 43.7 Å². The summed E-state index contributed by atoms with van der Waals surface area (Å²) < 4.78 is 5.72. The van der Waals surface area contributed by atoms with E-state index in [0.717, 1.165) is 5.75 Å². The van der Waals surface area contributed by atoms with Crippen molar-refractivity contribution in [2.24, 2.45) is 0 Å². The highest BCUT2D eigenvalue weighted by Gasteiger charge is 2.04. The van der Waals surface area contributed by atoms with E-state index in [1.165, 1.54) is 11.1 Å². The monoisotopic (exact) mass is 262 g/mol. The van der Waals surface area contributed by atoms with Crippen molar-refractivity contribution >= 4 is 18.1 Å². The van der Waals surface area contributed by atoms with Crippen LogP contribution in [0, 0.1) is 0 Å². The Morgan fingerprint density at radius 3 is 1.88 bits per heavy atom. The summed E-state index contributed by atoms with van der Waals surface area (Å²) in [5.41, 5.74) is 2.41. The zero-order chi connectivity index (χ0) is 12.3. The number of hydrogen-bond acceptors (Lipinski definition) is 2. The molecule has 0 atom stereocenters. The van der Waals surface area contributed by atoms with Crippen LogP contribution in [0.3, 0.4) is 0 Å². The second kappa shape index (κ2) is 5.03. The summed E-state index contributed by atoms with van der Waals surface area (Å²) in [6, 6.07) is 18.4. The van der Waals surface area contributed by atoms with Gasteiger partial charge in [0.1, 0.15) is 12.0 Å². The summed E-state index contributed by atoms with van der Waals surface area (Å²) in [5, 5.41) is 0. The third-order valence-electron chi connectivity index (χ3n) is 2.29. The minimum Gasteiger partial charge on any atom is -0.467 e. The highest BCUT2D eigenvalue weighted by molar-refractivity contribution is 8.11. The molecule has 0 spiro atoms. The largest absolute Gasteiger partial charge is 0.467 e. The van der Waals surface area contributed by atoms with E-state index in [0.29, 0.717) is 0 Å². The quantitative estimate of drug-likeness (QED) is 0.759. The van der Waals surface area contributed by atoms with Gasteiger partial charge in [-0.05, 0) is 36.6 Å². The van der Waals surface area contributed by atoms with Gasteiger partial charge in [0.25, 0.3) is 0 Å². The highest BCUT2D eigenvalue weighted by Crippen LogP contribution is 2.39. The average molecular weight is 262 g/mol. The summed E-state index contributed by atoms with van der Waals surface area (Å²) in [4.78, 5) is 0. The lowest BCUT2D eigenvalue weighted by Gasteiger charge is -2.13. The van der Waals surface area contributed by atoms with Gasteiger partial charge in [0.05, 0.1) is 0 Å². The lowest BCUT2D eigenvalue weighted by atomic mass is 10.1. The van der Waals surface area contributed by atoms with Crippen LogP contribution < -0.4 is 4.52 Å². The number of rotatable bonds is 3.